The minimum Gasteiger partial charge on any atom is -0.496 e. The van der Waals surface area contributed by atoms with Gasteiger partial charge in [0.2, 0.25) is 11.8 Å². The summed E-state index contributed by atoms with van der Waals surface area (Å²) < 4.78 is 50.7. The van der Waals surface area contributed by atoms with Gasteiger partial charge in [0, 0.05) is 53.0 Å². The number of carbonyl (C=O) groups is 3. The van der Waals surface area contributed by atoms with Crippen LogP contribution >= 0.6 is 11.6 Å². The predicted molar refractivity (Wildman–Crippen MR) is 203 cm³/mol. The van der Waals surface area contributed by atoms with Crippen LogP contribution in [0.25, 0.3) is 28.1 Å². The van der Waals surface area contributed by atoms with E-state index in [2.05, 4.69) is 10.6 Å². The number of halogens is 1. The molecule has 0 bridgehead atoms. The second kappa shape index (κ2) is 15.4. The van der Waals surface area contributed by atoms with Crippen LogP contribution in [-0.4, -0.2) is 90.1 Å². The number of amides is 3. The van der Waals surface area contributed by atoms with Gasteiger partial charge in [0.25, 0.3) is 16.0 Å². The number of benzene rings is 3. The summed E-state index contributed by atoms with van der Waals surface area (Å²) in [7, 11) is -2.76. The molecule has 1 fully saturated rings. The van der Waals surface area contributed by atoms with Crippen LogP contribution in [0.3, 0.4) is 0 Å². The molecular formula is C38H42ClN5O9S. The summed E-state index contributed by atoms with van der Waals surface area (Å²) in [6.45, 7) is 8.52. The van der Waals surface area contributed by atoms with E-state index in [4.69, 9.17) is 35.5 Å². The number of nitrogens with zero attached hydrogens (tertiary/aromatic N) is 3. The minimum atomic E-state index is -4.32. The molecule has 3 amide bonds. The second-order valence-corrected chi connectivity index (χ2v) is 16.0. The number of hydrogen-bond donors (Lipinski definition) is 3. The molecule has 0 saturated carbocycles. The molecule has 0 unspecified atom stereocenters. The highest BCUT2D eigenvalue weighted by Crippen LogP contribution is 2.46. The Morgan fingerprint density at radius 2 is 1.89 bits per heavy atom. The Hall–Kier alpha value is -4.96. The van der Waals surface area contributed by atoms with Gasteiger partial charge in [-0.1, -0.05) is 30.7 Å². The maximum Gasteiger partial charge on any atom is 0.275 e. The van der Waals surface area contributed by atoms with E-state index in [9.17, 15) is 22.8 Å². The maximum absolute atomic E-state index is 14.3. The Balaban J connectivity index is 1.34. The first-order chi connectivity index (χ1) is 25.5. The third kappa shape index (κ3) is 8.39. The van der Waals surface area contributed by atoms with Crippen molar-refractivity contribution < 1.29 is 41.6 Å². The molecule has 14 nitrogen and oxygen atoms in total. The molecule has 0 aliphatic carbocycles. The Morgan fingerprint density at radius 3 is 2.59 bits per heavy atom. The summed E-state index contributed by atoms with van der Waals surface area (Å²) in [5.41, 5.74) is 5.17. The molecule has 1 saturated heterocycles. The first-order valence-electron chi connectivity index (χ1n) is 17.3. The first kappa shape index (κ1) is 38.8. The fourth-order valence-electron chi connectivity index (χ4n) is 6.69. The van der Waals surface area contributed by atoms with Crippen molar-refractivity contribution in [2.75, 3.05) is 44.5 Å². The molecule has 2 aliphatic rings. The van der Waals surface area contributed by atoms with Crippen molar-refractivity contribution in [1.29, 1.82) is 0 Å². The third-order valence-electron chi connectivity index (χ3n) is 9.29. The van der Waals surface area contributed by atoms with Crippen LogP contribution in [-0.2, 0) is 31.1 Å². The van der Waals surface area contributed by atoms with Crippen molar-refractivity contribution in [3.63, 3.8) is 0 Å². The normalized spacial score (nSPS) is 15.4. The van der Waals surface area contributed by atoms with Gasteiger partial charge in [-0.05, 0) is 68.3 Å². The monoisotopic (exact) mass is 779 g/mol. The van der Waals surface area contributed by atoms with Crippen LogP contribution in [0, 0.1) is 12.8 Å². The molecule has 1 aromatic heterocycles. The molecule has 16 heteroatoms. The van der Waals surface area contributed by atoms with Crippen molar-refractivity contribution in [2.45, 2.75) is 46.3 Å². The summed E-state index contributed by atoms with van der Waals surface area (Å²) in [6, 6.07) is 16.5. The van der Waals surface area contributed by atoms with Crippen molar-refractivity contribution in [1.82, 2.24) is 20.0 Å². The molecule has 3 aromatic carbocycles. The van der Waals surface area contributed by atoms with Gasteiger partial charge in [0.05, 0.1) is 48.9 Å². The van der Waals surface area contributed by atoms with Gasteiger partial charge in [-0.25, -0.2) is 4.68 Å². The first-order valence-corrected chi connectivity index (χ1v) is 19.3. The molecule has 0 spiro atoms. The van der Waals surface area contributed by atoms with Crippen LogP contribution in [0.4, 0.5) is 5.69 Å². The van der Waals surface area contributed by atoms with Crippen LogP contribution < -0.4 is 20.1 Å². The van der Waals surface area contributed by atoms with Gasteiger partial charge in [-0.15, -0.1) is 0 Å². The lowest BCUT2D eigenvalue weighted by Gasteiger charge is -2.41. The number of methoxy groups -OCH3 is 1. The molecule has 2 aliphatic heterocycles. The summed E-state index contributed by atoms with van der Waals surface area (Å²) in [4.78, 5) is 41.1. The maximum atomic E-state index is 14.3. The van der Waals surface area contributed by atoms with Gasteiger partial charge < -0.3 is 29.7 Å². The van der Waals surface area contributed by atoms with Crippen molar-refractivity contribution >= 4 is 45.1 Å². The molecule has 3 heterocycles. The van der Waals surface area contributed by atoms with Crippen LogP contribution in [0.2, 0.25) is 5.02 Å². The zero-order valence-corrected chi connectivity index (χ0v) is 32.1. The van der Waals surface area contributed by atoms with Crippen LogP contribution in [0.1, 0.15) is 48.8 Å². The zero-order valence-electron chi connectivity index (χ0n) is 30.6. The van der Waals surface area contributed by atoms with E-state index in [0.29, 0.717) is 75.6 Å². The van der Waals surface area contributed by atoms with E-state index in [-0.39, 0.29) is 37.1 Å². The van der Waals surface area contributed by atoms with Crippen LogP contribution in [0.5, 0.6) is 11.5 Å². The number of anilines is 1. The fourth-order valence-corrected chi connectivity index (χ4v) is 7.75. The molecule has 0 radical (unpaired) electrons. The van der Waals surface area contributed by atoms with E-state index < -0.39 is 33.2 Å². The Bertz CT molecular complexity index is 2220. The van der Waals surface area contributed by atoms with Gasteiger partial charge >= 0.3 is 0 Å². The molecule has 1 atom stereocenters. The highest BCUT2D eigenvalue weighted by Gasteiger charge is 2.39. The molecular weight excluding hydrogens is 738 g/mol. The number of rotatable bonds is 11. The average molecular weight is 780 g/mol. The highest BCUT2D eigenvalue weighted by molar-refractivity contribution is 7.85. The zero-order chi connectivity index (χ0) is 38.9. The lowest BCUT2D eigenvalue weighted by atomic mass is 9.95. The SMILES string of the molecule is COc1cc2c(cc1-c1cccc(NC(=O)CCNC(=O)[C@@H](C)CS(=O)(=O)O)c1)-c1c(c(C(=O)N3CCOCC3(C)C)nn1-c1cc(C)cc(Cl)c1)CO2. The number of morpholine rings is 1. The van der Waals surface area contributed by atoms with Gasteiger partial charge in [0.15, 0.2) is 5.69 Å². The molecule has 54 heavy (non-hydrogen) atoms. The molecule has 4 aromatic rings. The van der Waals surface area contributed by atoms with Gasteiger partial charge in [-0.2, -0.15) is 13.5 Å². The van der Waals surface area contributed by atoms with Crippen molar-refractivity contribution in [2.24, 2.45) is 5.92 Å². The van der Waals surface area contributed by atoms with E-state index >= 15 is 0 Å². The van der Waals surface area contributed by atoms with Gasteiger partial charge in [-0.3, -0.25) is 18.9 Å². The van der Waals surface area contributed by atoms with E-state index in [1.807, 2.05) is 45.0 Å². The van der Waals surface area contributed by atoms with Gasteiger partial charge in [0.1, 0.15) is 18.1 Å². The molecule has 6 rings (SSSR count). The third-order valence-corrected chi connectivity index (χ3v) is 10.4. The smallest absolute Gasteiger partial charge is 0.275 e. The number of nitrogens with one attached hydrogen (secondary N) is 2. The molecule has 3 N–H and O–H groups in total. The standard InChI is InChI=1S/C38H42ClN5O9S/c1-22-13-25(39)16-27(14-22)44-35-29-17-28(24-7-6-8-26(15-24)41-33(45)9-10-40-36(46)23(2)20-54(48,49)50)31(51-5)18-32(29)53-19-30(35)34(42-44)37(47)43-11-12-52-21-38(43,3)4/h6-8,13-18,23H,9-12,19-21H2,1-5H3,(H,40,46)(H,41,45)(H,48,49,50)/t23-/m0/s1. The predicted octanol–water partition coefficient (Wildman–Crippen LogP) is 5.29. The number of hydrogen-bond acceptors (Lipinski definition) is 9. The van der Waals surface area contributed by atoms with E-state index in [1.54, 1.807) is 47.0 Å². The largest absolute Gasteiger partial charge is 0.496 e. The Labute approximate surface area is 318 Å². The number of aryl methyl sites for hydroxylation is 1. The van der Waals surface area contributed by atoms with E-state index in [0.717, 1.165) is 5.56 Å². The number of carbonyl (C=O) groups excluding carboxylic acids is 3. The summed E-state index contributed by atoms with van der Waals surface area (Å²) in [6.07, 6.45) is -0.0769. The second-order valence-electron chi connectivity index (χ2n) is 14.1. The molecule has 286 valence electrons. The highest BCUT2D eigenvalue weighted by atomic mass is 35.5. The number of aromatic nitrogens is 2. The average Bonchev–Trinajstić information content (AvgIpc) is 3.50. The quantitative estimate of drug-likeness (QED) is 0.170. The van der Waals surface area contributed by atoms with Crippen molar-refractivity contribution in [3.8, 4) is 39.6 Å². The Morgan fingerprint density at radius 1 is 1.11 bits per heavy atom. The van der Waals surface area contributed by atoms with E-state index in [1.165, 1.54) is 6.92 Å². The lowest BCUT2D eigenvalue weighted by molar-refractivity contribution is -0.124. The summed E-state index contributed by atoms with van der Waals surface area (Å²) in [5, 5.41) is 10.8. The summed E-state index contributed by atoms with van der Waals surface area (Å²) in [5.74, 6) is -1.86. The van der Waals surface area contributed by atoms with Crippen LogP contribution in [0.15, 0.2) is 54.6 Å². The number of ether oxygens (including phenoxy) is 3. The van der Waals surface area contributed by atoms with Crippen molar-refractivity contribution in [3.05, 3.63) is 76.4 Å². The Kier molecular flexibility index (Phi) is 11.1. The number of fused-ring (bicyclic) bond motifs is 3. The fraction of sp³-hybridized carbons (Fsp3) is 0.368. The topological polar surface area (TPSA) is 178 Å². The summed E-state index contributed by atoms with van der Waals surface area (Å²) >= 11 is 6.53. The lowest BCUT2D eigenvalue weighted by Crippen LogP contribution is -2.55. The minimum absolute atomic E-state index is 0.0332.